The summed E-state index contributed by atoms with van der Waals surface area (Å²) in [7, 11) is 1.73. The van der Waals surface area contributed by atoms with Gasteiger partial charge in [-0.2, -0.15) is 0 Å². The van der Waals surface area contributed by atoms with E-state index in [1.165, 1.54) is 0 Å². The minimum absolute atomic E-state index is 0.0320. The topological polar surface area (TPSA) is 70.1 Å². The Labute approximate surface area is 137 Å². The molecule has 1 aliphatic heterocycles. The number of carbonyl (C=O) groups excluding carboxylic acids is 1. The van der Waals surface area contributed by atoms with Gasteiger partial charge in [-0.15, -0.1) is 0 Å². The van der Waals surface area contributed by atoms with Gasteiger partial charge in [-0.3, -0.25) is 14.5 Å². The minimum atomic E-state index is -0.875. The zero-order valence-electron chi connectivity index (χ0n) is 12.4. The van der Waals surface area contributed by atoms with Crippen molar-refractivity contribution in [2.75, 3.05) is 39.8 Å². The van der Waals surface area contributed by atoms with E-state index in [1.807, 2.05) is 12.1 Å². The molecule has 0 bridgehead atoms. The first-order valence-corrected chi connectivity index (χ1v) is 7.82. The molecule has 1 aromatic carbocycles. The maximum Gasteiger partial charge on any atom is 0.317 e. The number of carbonyl (C=O) groups is 2. The summed E-state index contributed by atoms with van der Waals surface area (Å²) >= 11 is 3.36. The molecule has 6 nitrogen and oxygen atoms in total. The number of amides is 1. The highest BCUT2D eigenvalue weighted by atomic mass is 79.9. The summed E-state index contributed by atoms with van der Waals surface area (Å²) in [6, 6.07) is 7.28. The molecule has 1 saturated heterocycles. The fraction of sp³-hybridized carbons (Fsp3) is 0.467. The molecule has 1 atom stereocenters. The summed E-state index contributed by atoms with van der Waals surface area (Å²) in [5.41, 5.74) is 0.633. The van der Waals surface area contributed by atoms with Crippen LogP contribution in [-0.4, -0.2) is 72.7 Å². The van der Waals surface area contributed by atoms with Gasteiger partial charge in [0.15, 0.2) is 0 Å². The third kappa shape index (κ3) is 4.79. The number of carboxylic acids is 1. The SMILES string of the molecule is CN(CC(=O)O)CC1CN(C(=O)c2cccc(Br)c2)CCO1. The van der Waals surface area contributed by atoms with Crippen molar-refractivity contribution in [3.63, 3.8) is 0 Å². The van der Waals surface area contributed by atoms with Gasteiger partial charge in [0.05, 0.1) is 19.3 Å². The molecular formula is C15H19BrN2O4. The molecule has 0 spiro atoms. The van der Waals surface area contributed by atoms with Crippen molar-refractivity contribution in [1.82, 2.24) is 9.80 Å². The van der Waals surface area contributed by atoms with Crippen LogP contribution in [0.3, 0.4) is 0 Å². The maximum absolute atomic E-state index is 12.5. The van der Waals surface area contributed by atoms with Crippen molar-refractivity contribution in [3.05, 3.63) is 34.3 Å². The van der Waals surface area contributed by atoms with E-state index >= 15 is 0 Å². The Morgan fingerprint density at radius 2 is 2.27 bits per heavy atom. The number of carboxylic acid groups (broad SMARTS) is 1. The number of ether oxygens (including phenoxy) is 1. The first kappa shape index (κ1) is 16.9. The number of rotatable bonds is 5. The predicted octanol–water partition coefficient (Wildman–Crippen LogP) is 1.31. The van der Waals surface area contributed by atoms with E-state index in [2.05, 4.69) is 15.9 Å². The zero-order valence-corrected chi connectivity index (χ0v) is 14.0. The second-order valence-corrected chi connectivity index (χ2v) is 6.26. The molecule has 1 fully saturated rings. The Morgan fingerprint density at radius 1 is 1.50 bits per heavy atom. The molecule has 1 aliphatic rings. The summed E-state index contributed by atoms with van der Waals surface area (Å²) in [5, 5.41) is 8.78. The van der Waals surface area contributed by atoms with E-state index in [-0.39, 0.29) is 18.6 Å². The van der Waals surface area contributed by atoms with Crippen LogP contribution in [-0.2, 0) is 9.53 Å². The van der Waals surface area contributed by atoms with Gasteiger partial charge < -0.3 is 14.7 Å². The number of likely N-dealkylation sites (N-methyl/N-ethyl adjacent to an activating group) is 1. The molecular weight excluding hydrogens is 352 g/mol. The highest BCUT2D eigenvalue weighted by Crippen LogP contribution is 2.15. The lowest BCUT2D eigenvalue weighted by Crippen LogP contribution is -2.49. The predicted molar refractivity (Wildman–Crippen MR) is 84.9 cm³/mol. The van der Waals surface area contributed by atoms with Gasteiger partial charge in [-0.05, 0) is 25.2 Å². The fourth-order valence-electron chi connectivity index (χ4n) is 2.46. The van der Waals surface area contributed by atoms with Gasteiger partial charge in [0, 0.05) is 29.7 Å². The van der Waals surface area contributed by atoms with Crippen LogP contribution in [0, 0.1) is 0 Å². The van der Waals surface area contributed by atoms with Gasteiger partial charge >= 0.3 is 5.97 Å². The quantitative estimate of drug-likeness (QED) is 0.845. The van der Waals surface area contributed by atoms with Crippen molar-refractivity contribution >= 4 is 27.8 Å². The van der Waals surface area contributed by atoms with E-state index in [1.54, 1.807) is 29.0 Å². The van der Waals surface area contributed by atoms with Gasteiger partial charge in [0.2, 0.25) is 0 Å². The number of hydrogen-bond acceptors (Lipinski definition) is 4. The Balaban J connectivity index is 1.95. The molecule has 1 N–H and O–H groups in total. The average molecular weight is 371 g/mol. The molecule has 7 heteroatoms. The number of benzene rings is 1. The Kier molecular flexibility index (Phi) is 5.93. The van der Waals surface area contributed by atoms with Crippen molar-refractivity contribution < 1.29 is 19.4 Å². The standard InChI is InChI=1S/C15H19BrN2O4/c1-17(10-14(19)20)8-13-9-18(5-6-22-13)15(21)11-3-2-4-12(16)7-11/h2-4,7,13H,5-6,8-10H2,1H3,(H,19,20). The lowest BCUT2D eigenvalue weighted by atomic mass is 10.1. The van der Waals surface area contributed by atoms with E-state index < -0.39 is 5.97 Å². The molecule has 0 saturated carbocycles. The van der Waals surface area contributed by atoms with E-state index in [0.29, 0.717) is 31.8 Å². The Morgan fingerprint density at radius 3 is 2.95 bits per heavy atom. The summed E-state index contributed by atoms with van der Waals surface area (Å²) in [6.45, 7) is 1.92. The van der Waals surface area contributed by atoms with Crippen LogP contribution in [0.1, 0.15) is 10.4 Å². The van der Waals surface area contributed by atoms with Gasteiger partial charge in [0.1, 0.15) is 0 Å². The van der Waals surface area contributed by atoms with Crippen LogP contribution in [0.15, 0.2) is 28.7 Å². The van der Waals surface area contributed by atoms with E-state index in [0.717, 1.165) is 4.47 Å². The third-order valence-electron chi connectivity index (χ3n) is 3.42. The zero-order chi connectivity index (χ0) is 16.1. The number of nitrogens with zero attached hydrogens (tertiary/aromatic N) is 2. The Bertz CT molecular complexity index is 552. The van der Waals surface area contributed by atoms with E-state index in [9.17, 15) is 9.59 Å². The van der Waals surface area contributed by atoms with Crippen LogP contribution < -0.4 is 0 Å². The number of hydrogen-bond donors (Lipinski definition) is 1. The summed E-state index contributed by atoms with van der Waals surface area (Å²) in [5.74, 6) is -0.907. The Hall–Kier alpha value is -1.44. The van der Waals surface area contributed by atoms with Crippen molar-refractivity contribution in [2.45, 2.75) is 6.10 Å². The average Bonchev–Trinajstić information content (AvgIpc) is 2.45. The summed E-state index contributed by atoms with van der Waals surface area (Å²) in [6.07, 6.45) is -0.172. The van der Waals surface area contributed by atoms with Crippen molar-refractivity contribution in [2.24, 2.45) is 0 Å². The smallest absolute Gasteiger partial charge is 0.317 e. The maximum atomic E-state index is 12.5. The van der Waals surface area contributed by atoms with E-state index in [4.69, 9.17) is 9.84 Å². The van der Waals surface area contributed by atoms with Gasteiger partial charge in [-0.1, -0.05) is 22.0 Å². The van der Waals surface area contributed by atoms with Crippen LogP contribution >= 0.6 is 15.9 Å². The molecule has 1 heterocycles. The van der Waals surface area contributed by atoms with Crippen molar-refractivity contribution in [3.8, 4) is 0 Å². The van der Waals surface area contributed by atoms with Gasteiger partial charge in [-0.25, -0.2) is 0 Å². The van der Waals surface area contributed by atoms with Crippen LogP contribution in [0.5, 0.6) is 0 Å². The molecule has 22 heavy (non-hydrogen) atoms. The summed E-state index contributed by atoms with van der Waals surface area (Å²) in [4.78, 5) is 26.6. The molecule has 1 aromatic rings. The van der Waals surface area contributed by atoms with Crippen LogP contribution in [0.2, 0.25) is 0 Å². The second-order valence-electron chi connectivity index (χ2n) is 5.34. The van der Waals surface area contributed by atoms with Crippen LogP contribution in [0.4, 0.5) is 0 Å². The molecule has 0 radical (unpaired) electrons. The third-order valence-corrected chi connectivity index (χ3v) is 3.91. The monoisotopic (exact) mass is 370 g/mol. The molecule has 0 aromatic heterocycles. The van der Waals surface area contributed by atoms with Crippen LogP contribution in [0.25, 0.3) is 0 Å². The number of aliphatic carboxylic acids is 1. The fourth-order valence-corrected chi connectivity index (χ4v) is 2.86. The van der Waals surface area contributed by atoms with Gasteiger partial charge in [0.25, 0.3) is 5.91 Å². The first-order chi connectivity index (χ1) is 10.5. The molecule has 1 unspecified atom stereocenters. The molecule has 120 valence electrons. The lowest BCUT2D eigenvalue weighted by molar-refractivity contribution is -0.138. The number of halogens is 1. The lowest BCUT2D eigenvalue weighted by Gasteiger charge is -2.34. The normalized spacial score (nSPS) is 18.5. The van der Waals surface area contributed by atoms with Crippen molar-refractivity contribution in [1.29, 1.82) is 0 Å². The second kappa shape index (κ2) is 7.71. The molecule has 1 amide bonds. The minimum Gasteiger partial charge on any atom is -0.480 e. The highest BCUT2D eigenvalue weighted by Gasteiger charge is 2.26. The highest BCUT2D eigenvalue weighted by molar-refractivity contribution is 9.10. The summed E-state index contributed by atoms with van der Waals surface area (Å²) < 4.78 is 6.50. The molecule has 0 aliphatic carbocycles. The number of morpholine rings is 1. The molecule has 2 rings (SSSR count). The first-order valence-electron chi connectivity index (χ1n) is 7.02. The largest absolute Gasteiger partial charge is 0.480 e.